The van der Waals surface area contributed by atoms with Crippen molar-refractivity contribution in [2.75, 3.05) is 11.9 Å². The molecule has 1 N–H and O–H groups in total. The summed E-state index contributed by atoms with van der Waals surface area (Å²) < 4.78 is 0.670. The lowest BCUT2D eigenvalue weighted by molar-refractivity contribution is -0.143. The molecule has 9 heteroatoms. The topological polar surface area (TPSA) is 79.4 Å². The van der Waals surface area contributed by atoms with Gasteiger partial charge < -0.3 is 5.32 Å². The van der Waals surface area contributed by atoms with Gasteiger partial charge in [0.1, 0.15) is 6.54 Å². The Hall–Kier alpha value is -2.03. The molecule has 2 aromatic heterocycles. The number of hydrogen-bond acceptors (Lipinski definition) is 6. The van der Waals surface area contributed by atoms with Gasteiger partial charge in [-0.05, 0) is 30.4 Å². The molecule has 0 spiro atoms. The molecular formula is C18H14ClN3O3S2. The molecule has 4 unspecified atom stereocenters. The molecule has 3 heterocycles. The predicted molar refractivity (Wildman–Crippen MR) is 104 cm³/mol. The van der Waals surface area contributed by atoms with Crippen molar-refractivity contribution in [1.29, 1.82) is 0 Å². The zero-order chi connectivity index (χ0) is 18.7. The lowest BCUT2D eigenvalue weighted by atomic mass is 9.85. The minimum absolute atomic E-state index is 0.142. The van der Waals surface area contributed by atoms with E-state index < -0.39 is 5.91 Å². The molecule has 4 atom stereocenters. The minimum Gasteiger partial charge on any atom is -0.300 e. The zero-order valence-corrected chi connectivity index (χ0v) is 16.3. The molecule has 3 amide bonds. The van der Waals surface area contributed by atoms with Crippen LogP contribution in [0.4, 0.5) is 5.13 Å². The molecule has 1 saturated carbocycles. The number of aromatic nitrogens is 1. The van der Waals surface area contributed by atoms with Crippen molar-refractivity contribution < 1.29 is 14.4 Å². The summed E-state index contributed by atoms with van der Waals surface area (Å²) in [5.74, 6) is -1.13. The van der Waals surface area contributed by atoms with Gasteiger partial charge in [-0.3, -0.25) is 19.3 Å². The number of fused-ring (bicyclic) bond motifs is 5. The van der Waals surface area contributed by atoms with E-state index >= 15 is 0 Å². The molecule has 27 heavy (non-hydrogen) atoms. The van der Waals surface area contributed by atoms with E-state index in [9.17, 15) is 14.4 Å². The molecule has 2 fully saturated rings. The second-order valence-electron chi connectivity index (χ2n) is 6.95. The third-order valence-corrected chi connectivity index (χ3v) is 7.45. The number of hydrogen-bond donors (Lipinski definition) is 1. The van der Waals surface area contributed by atoms with Crippen molar-refractivity contribution in [3.63, 3.8) is 0 Å². The van der Waals surface area contributed by atoms with Gasteiger partial charge in [-0.2, -0.15) is 0 Å². The number of carbonyl (C=O) groups is 3. The first-order valence-electron chi connectivity index (χ1n) is 8.56. The largest absolute Gasteiger partial charge is 0.300 e. The highest BCUT2D eigenvalue weighted by Gasteiger charge is 2.59. The van der Waals surface area contributed by atoms with Crippen molar-refractivity contribution >= 4 is 57.1 Å². The Morgan fingerprint density at radius 3 is 2.56 bits per heavy atom. The Balaban J connectivity index is 1.26. The Morgan fingerprint density at radius 1 is 1.22 bits per heavy atom. The number of allylic oxidation sites excluding steroid dienone is 2. The number of rotatable bonds is 4. The van der Waals surface area contributed by atoms with Gasteiger partial charge in [0.15, 0.2) is 5.13 Å². The number of thiazole rings is 1. The van der Waals surface area contributed by atoms with Gasteiger partial charge in [-0.1, -0.05) is 23.8 Å². The van der Waals surface area contributed by atoms with E-state index in [0.717, 1.165) is 21.9 Å². The first-order chi connectivity index (χ1) is 13.0. The summed E-state index contributed by atoms with van der Waals surface area (Å²) in [4.78, 5) is 44.1. The Morgan fingerprint density at radius 2 is 1.93 bits per heavy atom. The van der Waals surface area contributed by atoms with Gasteiger partial charge >= 0.3 is 0 Å². The molecule has 3 aliphatic rings. The molecule has 0 aromatic carbocycles. The molecule has 6 nitrogen and oxygen atoms in total. The summed E-state index contributed by atoms with van der Waals surface area (Å²) in [6.45, 7) is -0.260. The Labute approximate surface area is 167 Å². The maximum absolute atomic E-state index is 12.6. The fourth-order valence-corrected chi connectivity index (χ4v) is 6.12. The van der Waals surface area contributed by atoms with Gasteiger partial charge in [-0.25, -0.2) is 4.98 Å². The van der Waals surface area contributed by atoms with Crippen molar-refractivity contribution in [3.8, 4) is 10.6 Å². The quantitative estimate of drug-likeness (QED) is 0.609. The first-order valence-corrected chi connectivity index (χ1v) is 10.6. The van der Waals surface area contributed by atoms with Crippen LogP contribution in [-0.4, -0.2) is 34.2 Å². The van der Waals surface area contributed by atoms with Crippen LogP contribution in [0.15, 0.2) is 29.7 Å². The molecule has 138 valence electrons. The average molecular weight is 420 g/mol. The number of thiophene rings is 1. The van der Waals surface area contributed by atoms with Crippen molar-refractivity contribution in [2.45, 2.75) is 6.42 Å². The van der Waals surface area contributed by atoms with E-state index in [0.29, 0.717) is 9.47 Å². The summed E-state index contributed by atoms with van der Waals surface area (Å²) in [5.41, 5.74) is 0.734. The third kappa shape index (κ3) is 2.74. The average Bonchev–Trinajstić information content (AvgIpc) is 3.42. The van der Waals surface area contributed by atoms with E-state index in [1.165, 1.54) is 22.7 Å². The Bertz CT molecular complexity index is 968. The fourth-order valence-electron chi connectivity index (χ4n) is 4.32. The maximum Gasteiger partial charge on any atom is 0.246 e. The third-order valence-electron chi connectivity index (χ3n) is 5.44. The van der Waals surface area contributed by atoms with E-state index in [1.807, 2.05) is 23.6 Å². The molecule has 1 aliphatic heterocycles. The summed E-state index contributed by atoms with van der Waals surface area (Å²) >= 11 is 8.64. The second-order valence-corrected chi connectivity index (χ2v) is 9.53. The van der Waals surface area contributed by atoms with Gasteiger partial charge in [0, 0.05) is 5.38 Å². The number of carbonyl (C=O) groups excluding carboxylic acids is 3. The van der Waals surface area contributed by atoms with Gasteiger partial charge in [0.2, 0.25) is 17.7 Å². The summed E-state index contributed by atoms with van der Waals surface area (Å²) in [5, 5.41) is 4.95. The van der Waals surface area contributed by atoms with Crippen LogP contribution in [-0.2, 0) is 14.4 Å². The highest BCUT2D eigenvalue weighted by Crippen LogP contribution is 2.52. The Kier molecular flexibility index (Phi) is 3.96. The summed E-state index contributed by atoms with van der Waals surface area (Å²) in [7, 11) is 0. The minimum atomic E-state index is -0.415. The van der Waals surface area contributed by atoms with E-state index in [1.54, 1.807) is 6.07 Å². The normalized spacial score (nSPS) is 28.3. The zero-order valence-electron chi connectivity index (χ0n) is 13.9. The van der Waals surface area contributed by atoms with Crippen molar-refractivity contribution in [1.82, 2.24) is 9.88 Å². The molecule has 0 radical (unpaired) electrons. The van der Waals surface area contributed by atoms with Gasteiger partial charge in [-0.15, -0.1) is 22.7 Å². The lowest BCUT2D eigenvalue weighted by Gasteiger charge is -2.16. The van der Waals surface area contributed by atoms with Crippen LogP contribution < -0.4 is 5.32 Å². The van der Waals surface area contributed by atoms with Crippen LogP contribution >= 0.6 is 34.3 Å². The summed E-state index contributed by atoms with van der Waals surface area (Å²) in [6, 6.07) is 3.67. The van der Waals surface area contributed by atoms with Crippen LogP contribution in [0.3, 0.4) is 0 Å². The highest BCUT2D eigenvalue weighted by molar-refractivity contribution is 7.20. The number of halogens is 1. The first kappa shape index (κ1) is 17.1. The van der Waals surface area contributed by atoms with Crippen LogP contribution in [0.2, 0.25) is 4.34 Å². The van der Waals surface area contributed by atoms with E-state index in [2.05, 4.69) is 10.3 Å². The molecule has 1 saturated heterocycles. The second kappa shape index (κ2) is 6.25. The number of nitrogens with one attached hydrogen (secondary N) is 1. The van der Waals surface area contributed by atoms with Crippen LogP contribution in [0.1, 0.15) is 6.42 Å². The number of anilines is 1. The smallest absolute Gasteiger partial charge is 0.246 e. The number of nitrogens with zero attached hydrogens (tertiary/aromatic N) is 2. The van der Waals surface area contributed by atoms with Gasteiger partial charge in [0.25, 0.3) is 0 Å². The molecule has 2 bridgehead atoms. The van der Waals surface area contributed by atoms with E-state index in [4.69, 9.17) is 11.6 Å². The molecule has 5 rings (SSSR count). The SMILES string of the molecule is O=C(CN1C(=O)C2C3C=CC(C3)C2C1=O)Nc1nc(-c2ccc(Cl)s2)cs1. The van der Waals surface area contributed by atoms with Gasteiger partial charge in [0.05, 0.1) is 26.7 Å². The molecule has 2 aliphatic carbocycles. The number of likely N-dealkylation sites (tertiary alicyclic amines) is 1. The number of imide groups is 1. The van der Waals surface area contributed by atoms with E-state index in [-0.39, 0.29) is 42.0 Å². The molecular weight excluding hydrogens is 406 g/mol. The predicted octanol–water partition coefficient (Wildman–Crippen LogP) is 3.27. The van der Waals surface area contributed by atoms with Crippen LogP contribution in [0.25, 0.3) is 10.6 Å². The van der Waals surface area contributed by atoms with Crippen LogP contribution in [0, 0.1) is 23.7 Å². The fraction of sp³-hybridized carbons (Fsp3) is 0.333. The highest BCUT2D eigenvalue weighted by atomic mass is 35.5. The van der Waals surface area contributed by atoms with Crippen LogP contribution in [0.5, 0.6) is 0 Å². The maximum atomic E-state index is 12.6. The monoisotopic (exact) mass is 419 g/mol. The number of amides is 3. The van der Waals surface area contributed by atoms with Crippen molar-refractivity contribution in [2.24, 2.45) is 23.7 Å². The lowest BCUT2D eigenvalue weighted by Crippen LogP contribution is -2.39. The summed E-state index contributed by atoms with van der Waals surface area (Å²) in [6.07, 6.45) is 4.95. The van der Waals surface area contributed by atoms with Crippen molar-refractivity contribution in [3.05, 3.63) is 34.0 Å². The standard InChI is InChI=1S/C18H14ClN3O3S2/c19-12-4-3-11(27-12)10-7-26-18(20-10)21-13(23)6-22-16(24)14-8-1-2-9(5-8)15(14)17(22)25/h1-4,7-9,14-15H,5-6H2,(H,20,21,23). The molecule has 2 aromatic rings.